The van der Waals surface area contributed by atoms with Gasteiger partial charge < -0.3 is 19.2 Å². The number of hydrogen-bond acceptors (Lipinski definition) is 7. The molecule has 0 saturated carbocycles. The molecule has 0 fully saturated rings. The minimum Gasteiger partial charge on any atom is -0.512 e. The molecule has 0 unspecified atom stereocenters. The number of ether oxygens (including phenoxy) is 1. The molecule has 7 nitrogen and oxygen atoms in total. The molecular weight excluding hydrogens is 817 g/mol. The van der Waals surface area contributed by atoms with Crippen LogP contribution in [0.2, 0.25) is 0 Å². The molecule has 4 heterocycles. The number of fused-ring (bicyclic) bond motifs is 3. The van der Waals surface area contributed by atoms with Crippen molar-refractivity contribution in [1.29, 1.82) is 0 Å². The largest absolute Gasteiger partial charge is 0.512 e. The molecule has 3 aromatic carbocycles. The van der Waals surface area contributed by atoms with Crippen molar-refractivity contribution in [1.82, 2.24) is 9.97 Å². The zero-order valence-electron chi connectivity index (χ0n) is 29.2. The van der Waals surface area contributed by atoms with Crippen LogP contribution < -0.4 is 10.2 Å². The molecule has 0 amide bonds. The van der Waals surface area contributed by atoms with Gasteiger partial charge in [0.2, 0.25) is 0 Å². The zero-order valence-corrected chi connectivity index (χ0v) is 31.6. The number of carbonyl (C=O) groups is 1. The van der Waals surface area contributed by atoms with E-state index < -0.39 is 0 Å². The Balaban J connectivity index is 0.000000196. The van der Waals surface area contributed by atoms with Crippen molar-refractivity contribution in [3.05, 3.63) is 161 Å². The van der Waals surface area contributed by atoms with Crippen LogP contribution in [-0.2, 0) is 36.7 Å². The topological polar surface area (TPSA) is 103 Å². The molecule has 3 aromatic heterocycles. The number of pyridine rings is 2. The van der Waals surface area contributed by atoms with Crippen molar-refractivity contribution in [2.75, 3.05) is 0 Å². The van der Waals surface area contributed by atoms with E-state index in [9.17, 15) is 9.59 Å². The Morgan fingerprint density at radius 1 is 0.902 bits per heavy atom. The van der Waals surface area contributed by atoms with E-state index in [-0.39, 0.29) is 42.5 Å². The second kappa shape index (κ2) is 17.0. The first kappa shape index (κ1) is 38.4. The number of rotatable bonds is 4. The summed E-state index contributed by atoms with van der Waals surface area (Å²) in [7, 11) is 0. The first-order chi connectivity index (χ1) is 23.9. The Morgan fingerprint density at radius 3 is 2.18 bits per heavy atom. The van der Waals surface area contributed by atoms with Crippen molar-refractivity contribution in [2.45, 2.75) is 46.5 Å². The van der Waals surface area contributed by atoms with Gasteiger partial charge in [0, 0.05) is 44.1 Å². The minimum atomic E-state index is -0.125. The molecule has 1 aliphatic rings. The van der Waals surface area contributed by atoms with Gasteiger partial charge in [0.15, 0.2) is 11.2 Å². The number of aliphatic hydroxyl groups excluding tert-OH is 1. The first-order valence-corrected chi connectivity index (χ1v) is 16.2. The zero-order chi connectivity index (χ0) is 35.8. The summed E-state index contributed by atoms with van der Waals surface area (Å²) in [5, 5.41) is 9.53. The Labute approximate surface area is 311 Å². The number of nitrogens with zero attached hydrogens (tertiary/aromatic N) is 2. The SMILES string of the molecule is C=CC1=CCc2cc(-c3ccccn3)ccc2O1.CC(=O)C=C(C)O.CC(C)(C)c1ccc2oc3c[c-]c(-c4ccccn4)cc3c(=O)c2c1.[Ir]. The van der Waals surface area contributed by atoms with Gasteiger partial charge in [-0.15, -0.1) is 23.8 Å². The van der Waals surface area contributed by atoms with E-state index in [1.165, 1.54) is 25.5 Å². The summed E-state index contributed by atoms with van der Waals surface area (Å²) in [5.41, 5.74) is 7.06. The number of allylic oxidation sites excluding steroid dienone is 4. The molecule has 6 aromatic rings. The van der Waals surface area contributed by atoms with Crippen molar-refractivity contribution >= 4 is 27.7 Å². The van der Waals surface area contributed by atoms with E-state index in [1.807, 2.05) is 78.9 Å². The maximum atomic E-state index is 13.1. The van der Waals surface area contributed by atoms with E-state index in [4.69, 9.17) is 14.3 Å². The van der Waals surface area contributed by atoms with E-state index in [0.717, 1.165) is 46.0 Å². The molecule has 1 N–H and O–H groups in total. The Kier molecular flexibility index (Phi) is 12.8. The third-order valence-electron chi connectivity index (χ3n) is 7.79. The Bertz CT molecular complexity index is 2280. The standard InChI is InChI=1S/C22H18NO2.C16H13NO.C5H8O2.Ir/c1-22(2,3)15-8-10-20-17(13-15)21(24)16-12-14(7-9-19(16)25-20)18-6-4-5-11-23-18;1-2-14-8-6-13-11-12(7-9-16(13)18-14)15-5-3-4-10-17-15;1-4(6)3-5(2)7;/h4-6,8-13H,1-3H3;2-5,7-11H,1,6H2;3,6H,1-2H3;/q-1;;;. The molecule has 8 heteroatoms. The van der Waals surface area contributed by atoms with Gasteiger partial charge in [0.1, 0.15) is 17.1 Å². The van der Waals surface area contributed by atoms with E-state index >= 15 is 0 Å². The summed E-state index contributed by atoms with van der Waals surface area (Å²) in [6.07, 6.45) is 9.34. The summed E-state index contributed by atoms with van der Waals surface area (Å²) < 4.78 is 11.6. The number of aliphatic hydroxyl groups is 1. The Morgan fingerprint density at radius 2 is 1.59 bits per heavy atom. The van der Waals surface area contributed by atoms with Gasteiger partial charge in [0.05, 0.1) is 22.4 Å². The molecule has 1 aliphatic heterocycles. The second-order valence-electron chi connectivity index (χ2n) is 12.8. The molecule has 1 radical (unpaired) electrons. The summed E-state index contributed by atoms with van der Waals surface area (Å²) in [4.78, 5) is 31.8. The average molecular weight is 856 g/mol. The van der Waals surface area contributed by atoms with Crippen molar-refractivity contribution in [3.63, 3.8) is 0 Å². The monoisotopic (exact) mass is 856 g/mol. The van der Waals surface area contributed by atoms with Gasteiger partial charge in [-0.25, -0.2) is 0 Å². The van der Waals surface area contributed by atoms with Crippen molar-refractivity contribution in [3.8, 4) is 28.3 Å². The fourth-order valence-corrected chi connectivity index (χ4v) is 5.27. The molecule has 0 aliphatic carbocycles. The van der Waals surface area contributed by atoms with Crippen LogP contribution >= 0.6 is 0 Å². The Hall–Kier alpha value is -5.43. The third-order valence-corrected chi connectivity index (χ3v) is 7.79. The molecular formula is C43H39IrN2O5-. The van der Waals surface area contributed by atoms with E-state index in [0.29, 0.717) is 21.9 Å². The van der Waals surface area contributed by atoms with Gasteiger partial charge in [-0.1, -0.05) is 51.6 Å². The summed E-state index contributed by atoms with van der Waals surface area (Å²) >= 11 is 0. The van der Waals surface area contributed by atoms with Crippen LogP contribution in [0.5, 0.6) is 5.75 Å². The smallest absolute Gasteiger partial charge is 0.182 e. The molecule has 261 valence electrons. The molecule has 0 saturated heterocycles. The minimum absolute atomic E-state index is 0. The van der Waals surface area contributed by atoms with Gasteiger partial charge in [0.25, 0.3) is 0 Å². The normalized spacial score (nSPS) is 12.1. The fourth-order valence-electron chi connectivity index (χ4n) is 5.27. The quantitative estimate of drug-likeness (QED) is 0.0816. The fraction of sp³-hybridized carbons (Fsp3) is 0.163. The van der Waals surface area contributed by atoms with Gasteiger partial charge in [-0.05, 0) is 109 Å². The second-order valence-corrected chi connectivity index (χ2v) is 12.8. The number of benzene rings is 3. The third kappa shape index (κ3) is 9.85. The first-order valence-electron chi connectivity index (χ1n) is 16.2. The van der Waals surface area contributed by atoms with Crippen LogP contribution in [0, 0.1) is 6.07 Å². The number of ketones is 1. The van der Waals surface area contributed by atoms with Crippen molar-refractivity contribution in [2.24, 2.45) is 0 Å². The van der Waals surface area contributed by atoms with Gasteiger partial charge in [-0.3, -0.25) is 14.6 Å². The number of aromatic nitrogens is 2. The summed E-state index contributed by atoms with van der Waals surface area (Å²) in [6.45, 7) is 13.0. The van der Waals surface area contributed by atoms with Crippen LogP contribution in [-0.4, -0.2) is 20.9 Å². The van der Waals surface area contributed by atoms with E-state index in [1.54, 1.807) is 24.5 Å². The molecule has 0 spiro atoms. The summed E-state index contributed by atoms with van der Waals surface area (Å²) in [6, 6.07) is 30.3. The summed E-state index contributed by atoms with van der Waals surface area (Å²) in [5.74, 6) is 1.67. The predicted octanol–water partition coefficient (Wildman–Crippen LogP) is 9.89. The maximum Gasteiger partial charge on any atom is 0.182 e. The predicted molar refractivity (Wildman–Crippen MR) is 200 cm³/mol. The van der Waals surface area contributed by atoms with E-state index in [2.05, 4.69) is 49.5 Å². The van der Waals surface area contributed by atoms with Gasteiger partial charge in [-0.2, -0.15) is 0 Å². The van der Waals surface area contributed by atoms with Crippen LogP contribution in [0.4, 0.5) is 0 Å². The number of hydrogen-bond donors (Lipinski definition) is 1. The van der Waals surface area contributed by atoms with Crippen LogP contribution in [0.1, 0.15) is 45.7 Å². The van der Waals surface area contributed by atoms with Crippen molar-refractivity contribution < 1.29 is 39.2 Å². The maximum absolute atomic E-state index is 13.1. The average Bonchev–Trinajstić information content (AvgIpc) is 3.11. The van der Waals surface area contributed by atoms with Crippen LogP contribution in [0.25, 0.3) is 44.5 Å². The van der Waals surface area contributed by atoms with Crippen LogP contribution in [0.3, 0.4) is 0 Å². The van der Waals surface area contributed by atoms with Crippen LogP contribution in [0.15, 0.2) is 143 Å². The van der Waals surface area contributed by atoms with Gasteiger partial charge >= 0.3 is 0 Å². The molecule has 0 bridgehead atoms. The molecule has 7 rings (SSSR count). The number of carbonyl (C=O) groups excluding carboxylic acids is 1. The molecule has 0 atom stereocenters. The molecule has 51 heavy (non-hydrogen) atoms.